The van der Waals surface area contributed by atoms with Crippen LogP contribution in [0.3, 0.4) is 0 Å². The second-order valence-corrected chi connectivity index (χ2v) is 4.32. The lowest BCUT2D eigenvalue weighted by molar-refractivity contribution is -0.384. The van der Waals surface area contributed by atoms with Crippen LogP contribution < -0.4 is 5.43 Å². The van der Waals surface area contributed by atoms with E-state index >= 15 is 0 Å². The van der Waals surface area contributed by atoms with Gasteiger partial charge in [-0.05, 0) is 29.8 Å². The fourth-order valence-electron chi connectivity index (χ4n) is 1.86. The van der Waals surface area contributed by atoms with E-state index in [0.29, 0.717) is 5.95 Å². The maximum atomic E-state index is 10.5. The number of aromatic amines is 1. The third-order valence-electron chi connectivity index (χ3n) is 2.88. The van der Waals surface area contributed by atoms with Crippen molar-refractivity contribution in [3.05, 3.63) is 64.2 Å². The zero-order valence-electron chi connectivity index (χ0n) is 10.9. The topological polar surface area (TPSA) is 96.2 Å². The summed E-state index contributed by atoms with van der Waals surface area (Å²) in [6.07, 6.45) is 1.57. The number of rotatable bonds is 4. The van der Waals surface area contributed by atoms with Crippen LogP contribution in [0.1, 0.15) is 5.56 Å². The Bertz CT molecular complexity index is 775. The van der Waals surface area contributed by atoms with E-state index in [4.69, 9.17) is 0 Å². The van der Waals surface area contributed by atoms with Gasteiger partial charge in [-0.1, -0.05) is 12.1 Å². The Labute approximate surface area is 119 Å². The lowest BCUT2D eigenvalue weighted by atomic mass is 10.2. The van der Waals surface area contributed by atoms with E-state index in [-0.39, 0.29) is 5.69 Å². The first-order valence-electron chi connectivity index (χ1n) is 6.21. The van der Waals surface area contributed by atoms with Crippen LogP contribution in [0.4, 0.5) is 11.6 Å². The minimum absolute atomic E-state index is 0.0531. The summed E-state index contributed by atoms with van der Waals surface area (Å²) >= 11 is 0. The van der Waals surface area contributed by atoms with E-state index in [1.54, 1.807) is 18.3 Å². The minimum atomic E-state index is -0.437. The number of nitrogens with zero attached hydrogens (tertiary/aromatic N) is 3. The van der Waals surface area contributed by atoms with Crippen LogP contribution in [-0.4, -0.2) is 21.1 Å². The predicted octanol–water partition coefficient (Wildman–Crippen LogP) is 2.92. The van der Waals surface area contributed by atoms with Crippen LogP contribution in [0.2, 0.25) is 0 Å². The van der Waals surface area contributed by atoms with Gasteiger partial charge < -0.3 is 4.98 Å². The van der Waals surface area contributed by atoms with Gasteiger partial charge in [-0.3, -0.25) is 10.1 Å². The molecule has 21 heavy (non-hydrogen) atoms. The number of fused-ring (bicyclic) bond motifs is 1. The Morgan fingerprint density at radius 2 is 1.95 bits per heavy atom. The van der Waals surface area contributed by atoms with Gasteiger partial charge in [0.15, 0.2) is 0 Å². The van der Waals surface area contributed by atoms with E-state index in [1.807, 2.05) is 24.3 Å². The second-order valence-electron chi connectivity index (χ2n) is 4.32. The highest BCUT2D eigenvalue weighted by molar-refractivity contribution is 5.81. The van der Waals surface area contributed by atoms with Gasteiger partial charge in [-0.15, -0.1) is 0 Å². The fraction of sp³-hybridized carbons (Fsp3) is 0. The number of para-hydroxylation sites is 2. The molecule has 0 aliphatic carbocycles. The number of H-pyrrole nitrogens is 1. The molecule has 3 aromatic rings. The molecule has 0 aliphatic rings. The number of nitro benzene ring substituents is 1. The normalized spacial score (nSPS) is 11.0. The Kier molecular flexibility index (Phi) is 3.30. The maximum absolute atomic E-state index is 10.5. The summed E-state index contributed by atoms with van der Waals surface area (Å²) in [5.74, 6) is 0.536. The Hall–Kier alpha value is -3.22. The minimum Gasteiger partial charge on any atom is -0.323 e. The molecule has 0 radical (unpaired) electrons. The van der Waals surface area contributed by atoms with Gasteiger partial charge in [-0.2, -0.15) is 5.10 Å². The molecule has 7 heteroatoms. The van der Waals surface area contributed by atoms with E-state index < -0.39 is 4.92 Å². The lowest BCUT2D eigenvalue weighted by Gasteiger charge is -1.95. The fourth-order valence-corrected chi connectivity index (χ4v) is 1.86. The molecule has 3 rings (SSSR count). The first-order chi connectivity index (χ1) is 10.2. The van der Waals surface area contributed by atoms with Gasteiger partial charge in [0.05, 0.1) is 22.2 Å². The molecule has 0 amide bonds. The molecule has 104 valence electrons. The van der Waals surface area contributed by atoms with Crippen LogP contribution >= 0.6 is 0 Å². The zero-order chi connectivity index (χ0) is 14.7. The van der Waals surface area contributed by atoms with Crippen LogP contribution in [0.5, 0.6) is 0 Å². The van der Waals surface area contributed by atoms with Crippen LogP contribution in [0, 0.1) is 10.1 Å². The SMILES string of the molecule is O=[N+]([O-])c1ccc(/C=N/Nc2nc3ccccc3[nH]2)cc1. The summed E-state index contributed by atoms with van der Waals surface area (Å²) in [6, 6.07) is 13.8. The number of non-ortho nitro benzene ring substituents is 1. The highest BCUT2D eigenvalue weighted by Crippen LogP contribution is 2.13. The second kappa shape index (κ2) is 5.41. The highest BCUT2D eigenvalue weighted by Gasteiger charge is 2.02. The summed E-state index contributed by atoms with van der Waals surface area (Å²) in [7, 11) is 0. The van der Waals surface area contributed by atoms with Crippen molar-refractivity contribution >= 4 is 28.9 Å². The lowest BCUT2D eigenvalue weighted by Crippen LogP contribution is -1.93. The molecule has 1 aromatic heterocycles. The average molecular weight is 281 g/mol. The van der Waals surface area contributed by atoms with Crippen LogP contribution in [0.15, 0.2) is 53.6 Å². The van der Waals surface area contributed by atoms with E-state index in [2.05, 4.69) is 20.5 Å². The van der Waals surface area contributed by atoms with Gasteiger partial charge in [0.25, 0.3) is 5.69 Å². The number of hydrogen-bond acceptors (Lipinski definition) is 5. The summed E-state index contributed by atoms with van der Waals surface area (Å²) in [5, 5.41) is 14.6. The Balaban J connectivity index is 1.70. The molecule has 0 fully saturated rings. The third-order valence-corrected chi connectivity index (χ3v) is 2.88. The maximum Gasteiger partial charge on any atom is 0.269 e. The van der Waals surface area contributed by atoms with Gasteiger partial charge in [0.1, 0.15) is 0 Å². The summed E-state index contributed by atoms with van der Waals surface area (Å²) < 4.78 is 0. The Morgan fingerprint density at radius 1 is 1.19 bits per heavy atom. The first kappa shape index (κ1) is 12.8. The molecule has 0 saturated heterocycles. The third kappa shape index (κ3) is 2.86. The highest BCUT2D eigenvalue weighted by atomic mass is 16.6. The standard InChI is InChI=1S/C14H11N5O2/c20-19(21)11-7-5-10(6-8-11)9-15-18-14-16-12-3-1-2-4-13(12)17-14/h1-9H,(H2,16,17,18)/b15-9+. The molecule has 0 saturated carbocycles. The molecule has 0 unspecified atom stereocenters. The number of imidazole rings is 1. The van der Waals surface area contributed by atoms with Crippen LogP contribution in [0.25, 0.3) is 11.0 Å². The average Bonchev–Trinajstić information content (AvgIpc) is 2.90. The summed E-state index contributed by atoms with van der Waals surface area (Å²) in [4.78, 5) is 17.5. The van der Waals surface area contributed by atoms with Gasteiger partial charge in [0, 0.05) is 12.1 Å². The van der Waals surface area contributed by atoms with E-state index in [0.717, 1.165) is 16.6 Å². The number of anilines is 1. The number of hydrogen-bond donors (Lipinski definition) is 2. The van der Waals surface area contributed by atoms with Crippen molar-refractivity contribution in [1.82, 2.24) is 9.97 Å². The largest absolute Gasteiger partial charge is 0.323 e. The molecule has 2 aromatic carbocycles. The monoisotopic (exact) mass is 281 g/mol. The predicted molar refractivity (Wildman–Crippen MR) is 80.4 cm³/mol. The van der Waals surface area contributed by atoms with Crippen molar-refractivity contribution in [2.24, 2.45) is 5.10 Å². The number of nitro groups is 1. The summed E-state index contributed by atoms with van der Waals surface area (Å²) in [5.41, 5.74) is 5.37. The van der Waals surface area contributed by atoms with Crippen molar-refractivity contribution in [3.63, 3.8) is 0 Å². The zero-order valence-corrected chi connectivity index (χ0v) is 10.9. The molecule has 2 N–H and O–H groups in total. The van der Waals surface area contributed by atoms with Crippen molar-refractivity contribution < 1.29 is 4.92 Å². The van der Waals surface area contributed by atoms with Crippen molar-refractivity contribution in [2.45, 2.75) is 0 Å². The van der Waals surface area contributed by atoms with Crippen molar-refractivity contribution in [3.8, 4) is 0 Å². The van der Waals surface area contributed by atoms with Crippen molar-refractivity contribution in [2.75, 3.05) is 5.43 Å². The Morgan fingerprint density at radius 3 is 2.67 bits per heavy atom. The quantitative estimate of drug-likeness (QED) is 0.436. The van der Waals surface area contributed by atoms with Gasteiger partial charge in [-0.25, -0.2) is 10.4 Å². The molecule has 0 spiro atoms. The molecule has 7 nitrogen and oxygen atoms in total. The smallest absolute Gasteiger partial charge is 0.269 e. The van der Waals surface area contributed by atoms with Crippen LogP contribution in [-0.2, 0) is 0 Å². The van der Waals surface area contributed by atoms with E-state index in [9.17, 15) is 10.1 Å². The molecular formula is C14H11N5O2. The number of nitrogens with one attached hydrogen (secondary N) is 2. The molecule has 0 aliphatic heterocycles. The number of hydrazone groups is 1. The van der Waals surface area contributed by atoms with Crippen molar-refractivity contribution in [1.29, 1.82) is 0 Å². The number of aromatic nitrogens is 2. The molecule has 1 heterocycles. The molecule has 0 bridgehead atoms. The first-order valence-corrected chi connectivity index (χ1v) is 6.21. The molecule has 0 atom stereocenters. The van der Waals surface area contributed by atoms with E-state index in [1.165, 1.54) is 12.1 Å². The van der Waals surface area contributed by atoms with Gasteiger partial charge in [0.2, 0.25) is 5.95 Å². The summed E-state index contributed by atoms with van der Waals surface area (Å²) in [6.45, 7) is 0. The molecular weight excluding hydrogens is 270 g/mol. The van der Waals surface area contributed by atoms with Gasteiger partial charge >= 0.3 is 0 Å². The number of benzene rings is 2.